The molecule has 25 heavy (non-hydrogen) atoms. The van der Waals surface area contributed by atoms with Crippen LogP contribution in [0.25, 0.3) is 0 Å². The van der Waals surface area contributed by atoms with Gasteiger partial charge in [-0.05, 0) is 30.3 Å². The summed E-state index contributed by atoms with van der Waals surface area (Å²) in [6, 6.07) is 7.56. The molecule has 1 amide bonds. The number of amides is 1. The van der Waals surface area contributed by atoms with E-state index in [4.69, 9.17) is 55.9 Å². The third kappa shape index (κ3) is 4.92. The Morgan fingerprint density at radius 1 is 1.04 bits per heavy atom. The molecule has 2 rings (SSSR count). The first-order valence-electron chi connectivity index (χ1n) is 6.77. The maximum Gasteiger partial charge on any atom is 0.341 e. The number of hydrogen-bond acceptors (Lipinski definition) is 4. The Balaban J connectivity index is 2.05. The number of benzene rings is 2. The number of anilines is 1. The Hall–Kier alpha value is -1.66. The maximum atomic E-state index is 12.1. The van der Waals surface area contributed by atoms with Gasteiger partial charge in [0, 0.05) is 5.02 Å². The van der Waals surface area contributed by atoms with Crippen LogP contribution in [0.15, 0.2) is 30.3 Å². The number of nitrogens with one attached hydrogen (secondary N) is 1. The molecule has 9 heteroatoms. The number of hydrogen-bond donors (Lipinski definition) is 1. The van der Waals surface area contributed by atoms with E-state index in [1.54, 1.807) is 12.1 Å². The smallest absolute Gasteiger partial charge is 0.341 e. The summed E-state index contributed by atoms with van der Waals surface area (Å²) < 4.78 is 10.0. The largest absolute Gasteiger partial charge is 0.495 e. The standard InChI is InChI=1S/C16H11Cl4NO4/c1-24-12-5-2-8(17)6-11(12)21-13(22)7-25-16(23)14-9(18)3-4-10(19)15(14)20/h2-6H,7H2,1H3,(H,21,22). The SMILES string of the molecule is COc1ccc(Cl)cc1NC(=O)COC(=O)c1c(Cl)ccc(Cl)c1Cl. The van der Waals surface area contributed by atoms with Crippen molar-refractivity contribution >= 4 is 64.0 Å². The lowest BCUT2D eigenvalue weighted by molar-refractivity contribution is -0.119. The maximum absolute atomic E-state index is 12.1. The van der Waals surface area contributed by atoms with Gasteiger partial charge in [0.25, 0.3) is 5.91 Å². The Morgan fingerprint density at radius 3 is 2.40 bits per heavy atom. The summed E-state index contributed by atoms with van der Waals surface area (Å²) in [7, 11) is 1.45. The molecular formula is C16H11Cl4NO4. The van der Waals surface area contributed by atoms with Crippen molar-refractivity contribution in [1.82, 2.24) is 0 Å². The molecule has 0 aliphatic heterocycles. The van der Waals surface area contributed by atoms with Crippen LogP contribution < -0.4 is 10.1 Å². The number of methoxy groups -OCH3 is 1. The summed E-state index contributed by atoms with van der Waals surface area (Å²) in [6.45, 7) is -0.562. The highest BCUT2D eigenvalue weighted by molar-refractivity contribution is 6.46. The fourth-order valence-corrected chi connectivity index (χ4v) is 2.74. The van der Waals surface area contributed by atoms with Gasteiger partial charge in [0.2, 0.25) is 0 Å². The zero-order valence-electron chi connectivity index (χ0n) is 12.7. The van der Waals surface area contributed by atoms with Crippen molar-refractivity contribution in [1.29, 1.82) is 0 Å². The molecule has 132 valence electrons. The van der Waals surface area contributed by atoms with E-state index >= 15 is 0 Å². The molecular weight excluding hydrogens is 412 g/mol. The van der Waals surface area contributed by atoms with Crippen molar-refractivity contribution in [2.45, 2.75) is 0 Å². The summed E-state index contributed by atoms with van der Waals surface area (Å²) in [5.74, 6) is -1.06. The zero-order chi connectivity index (χ0) is 18.6. The highest BCUT2D eigenvalue weighted by Gasteiger charge is 2.20. The molecule has 0 fully saturated rings. The van der Waals surface area contributed by atoms with Gasteiger partial charge in [-0.1, -0.05) is 46.4 Å². The molecule has 1 N–H and O–H groups in total. The van der Waals surface area contributed by atoms with E-state index < -0.39 is 18.5 Å². The van der Waals surface area contributed by atoms with E-state index in [0.717, 1.165) is 0 Å². The van der Waals surface area contributed by atoms with Crippen LogP contribution >= 0.6 is 46.4 Å². The van der Waals surface area contributed by atoms with Crippen molar-refractivity contribution in [2.24, 2.45) is 0 Å². The van der Waals surface area contributed by atoms with E-state index in [2.05, 4.69) is 5.32 Å². The normalized spacial score (nSPS) is 10.3. The molecule has 2 aromatic rings. The van der Waals surface area contributed by atoms with E-state index in [0.29, 0.717) is 16.5 Å². The van der Waals surface area contributed by atoms with Gasteiger partial charge in [-0.3, -0.25) is 4.79 Å². The van der Waals surface area contributed by atoms with Gasteiger partial charge in [0.15, 0.2) is 6.61 Å². The van der Waals surface area contributed by atoms with E-state index in [9.17, 15) is 9.59 Å². The van der Waals surface area contributed by atoms with Gasteiger partial charge in [-0.2, -0.15) is 0 Å². The van der Waals surface area contributed by atoms with Crippen LogP contribution in [0.2, 0.25) is 20.1 Å². The molecule has 0 aliphatic rings. The van der Waals surface area contributed by atoms with Crippen LogP contribution in [0.3, 0.4) is 0 Å². The van der Waals surface area contributed by atoms with Crippen molar-refractivity contribution in [3.05, 3.63) is 56.0 Å². The summed E-state index contributed by atoms with van der Waals surface area (Å²) in [5, 5.41) is 3.11. The number of rotatable bonds is 5. The second kappa shape index (κ2) is 8.63. The van der Waals surface area contributed by atoms with E-state index in [1.807, 2.05) is 0 Å². The second-order valence-corrected chi connectivity index (χ2v) is 6.32. The number of carbonyl (C=O) groups excluding carboxylic acids is 2. The number of esters is 1. The van der Waals surface area contributed by atoms with Crippen LogP contribution in [0.5, 0.6) is 5.75 Å². The van der Waals surface area contributed by atoms with Gasteiger partial charge in [-0.25, -0.2) is 4.79 Å². The first-order chi connectivity index (χ1) is 11.8. The fourth-order valence-electron chi connectivity index (χ4n) is 1.88. The lowest BCUT2D eigenvalue weighted by Crippen LogP contribution is -2.21. The number of carbonyl (C=O) groups is 2. The minimum absolute atomic E-state index is 0.0453. The van der Waals surface area contributed by atoms with Gasteiger partial charge in [0.1, 0.15) is 5.75 Å². The Morgan fingerprint density at radius 2 is 1.72 bits per heavy atom. The second-order valence-electron chi connectivity index (χ2n) is 4.69. The molecule has 0 aromatic heterocycles. The van der Waals surface area contributed by atoms with Crippen molar-refractivity contribution < 1.29 is 19.1 Å². The quantitative estimate of drug-likeness (QED) is 0.537. The molecule has 0 spiro atoms. The van der Waals surface area contributed by atoms with Crippen molar-refractivity contribution in [2.75, 3.05) is 19.0 Å². The van der Waals surface area contributed by atoms with Crippen LogP contribution in [0, 0.1) is 0 Å². The van der Waals surface area contributed by atoms with Crippen molar-refractivity contribution in [3.8, 4) is 5.75 Å². The molecule has 0 unspecified atom stereocenters. The number of halogens is 4. The predicted molar refractivity (Wildman–Crippen MR) is 98.4 cm³/mol. The summed E-state index contributed by atoms with van der Waals surface area (Å²) in [5.41, 5.74) is 0.235. The first-order valence-corrected chi connectivity index (χ1v) is 8.28. The van der Waals surface area contributed by atoms with E-state index in [1.165, 1.54) is 25.3 Å². The molecule has 0 saturated heterocycles. The third-order valence-electron chi connectivity index (χ3n) is 3.02. The topological polar surface area (TPSA) is 64.6 Å². The summed E-state index contributed by atoms with van der Waals surface area (Å²) >= 11 is 23.6. The fraction of sp³-hybridized carbons (Fsp3) is 0.125. The summed E-state index contributed by atoms with van der Waals surface area (Å²) in [4.78, 5) is 24.1. The lowest BCUT2D eigenvalue weighted by atomic mass is 10.2. The third-order valence-corrected chi connectivity index (χ3v) is 4.37. The molecule has 0 bridgehead atoms. The first kappa shape index (κ1) is 19.7. The molecule has 5 nitrogen and oxygen atoms in total. The van der Waals surface area contributed by atoms with Crippen LogP contribution in [-0.4, -0.2) is 25.6 Å². The Labute approximate surface area is 163 Å². The van der Waals surface area contributed by atoms with Gasteiger partial charge < -0.3 is 14.8 Å². The molecule has 0 heterocycles. The highest BCUT2D eigenvalue weighted by Crippen LogP contribution is 2.32. The Kier molecular flexibility index (Phi) is 6.79. The molecule has 0 atom stereocenters. The summed E-state index contributed by atoms with van der Waals surface area (Å²) in [6.07, 6.45) is 0. The minimum Gasteiger partial charge on any atom is -0.495 e. The van der Waals surface area contributed by atoms with Crippen molar-refractivity contribution in [3.63, 3.8) is 0 Å². The molecule has 0 saturated carbocycles. The van der Waals surface area contributed by atoms with Gasteiger partial charge in [-0.15, -0.1) is 0 Å². The van der Waals surface area contributed by atoms with Crippen LogP contribution in [0.1, 0.15) is 10.4 Å². The van der Waals surface area contributed by atoms with Gasteiger partial charge >= 0.3 is 5.97 Å². The van der Waals surface area contributed by atoms with Gasteiger partial charge in [0.05, 0.1) is 33.4 Å². The number of ether oxygens (including phenoxy) is 2. The Bertz CT molecular complexity index is 826. The molecule has 2 aromatic carbocycles. The van der Waals surface area contributed by atoms with Crippen LogP contribution in [0.4, 0.5) is 5.69 Å². The predicted octanol–water partition coefficient (Wildman–Crippen LogP) is 5.10. The average molecular weight is 423 g/mol. The molecule has 0 aliphatic carbocycles. The minimum atomic E-state index is -0.870. The average Bonchev–Trinajstić information content (AvgIpc) is 2.57. The zero-order valence-corrected chi connectivity index (χ0v) is 15.8. The molecule has 0 radical (unpaired) electrons. The lowest BCUT2D eigenvalue weighted by Gasteiger charge is -2.11. The highest BCUT2D eigenvalue weighted by atomic mass is 35.5. The van der Waals surface area contributed by atoms with Crippen LogP contribution in [-0.2, 0) is 9.53 Å². The monoisotopic (exact) mass is 421 g/mol. The van der Waals surface area contributed by atoms with E-state index in [-0.39, 0.29) is 20.6 Å².